The van der Waals surface area contributed by atoms with Gasteiger partial charge in [0.1, 0.15) is 0 Å². The van der Waals surface area contributed by atoms with Gasteiger partial charge in [-0.1, -0.05) is 12.8 Å². The summed E-state index contributed by atoms with van der Waals surface area (Å²) < 4.78 is 3.45. The molecule has 15 heavy (non-hydrogen) atoms. The van der Waals surface area contributed by atoms with Crippen molar-refractivity contribution in [3.8, 4) is 0 Å². The molecule has 0 amide bonds. The highest BCUT2D eigenvalue weighted by Gasteiger charge is 2.26. The molecule has 0 atom stereocenters. The van der Waals surface area contributed by atoms with Crippen molar-refractivity contribution >= 4 is 15.9 Å². The molecule has 3 rings (SSSR count). The topological polar surface area (TPSA) is 17.8 Å². The van der Waals surface area contributed by atoms with Crippen LogP contribution in [-0.2, 0) is 13.0 Å². The zero-order valence-electron chi connectivity index (χ0n) is 9.01. The molecule has 1 aromatic heterocycles. The SMILES string of the molecule is Brc1nc(C2CCCC2)c2n1CCCC2. The minimum absolute atomic E-state index is 0.760. The first-order chi connectivity index (χ1) is 7.36. The summed E-state index contributed by atoms with van der Waals surface area (Å²) in [6.45, 7) is 1.16. The Labute approximate surface area is 99.2 Å². The predicted molar refractivity (Wildman–Crippen MR) is 64.1 cm³/mol. The first-order valence-electron chi connectivity index (χ1n) is 6.11. The van der Waals surface area contributed by atoms with E-state index in [1.165, 1.54) is 56.3 Å². The molecule has 2 heterocycles. The van der Waals surface area contributed by atoms with Crippen LogP contribution in [0.1, 0.15) is 55.8 Å². The van der Waals surface area contributed by atoms with Crippen LogP contribution in [0.15, 0.2) is 4.73 Å². The van der Waals surface area contributed by atoms with Gasteiger partial charge in [0.25, 0.3) is 0 Å². The third-order valence-corrected chi connectivity index (χ3v) is 4.45. The monoisotopic (exact) mass is 268 g/mol. The van der Waals surface area contributed by atoms with E-state index in [1.54, 1.807) is 0 Å². The summed E-state index contributed by atoms with van der Waals surface area (Å²) in [7, 11) is 0. The molecule has 2 nitrogen and oxygen atoms in total. The van der Waals surface area contributed by atoms with Gasteiger partial charge in [-0.2, -0.15) is 0 Å². The van der Waals surface area contributed by atoms with E-state index in [-0.39, 0.29) is 0 Å². The molecule has 1 aliphatic carbocycles. The lowest BCUT2D eigenvalue weighted by Crippen LogP contribution is -2.11. The van der Waals surface area contributed by atoms with Gasteiger partial charge in [0, 0.05) is 18.2 Å². The number of imidazole rings is 1. The zero-order valence-corrected chi connectivity index (χ0v) is 10.6. The summed E-state index contributed by atoms with van der Waals surface area (Å²) in [5.41, 5.74) is 2.94. The maximum atomic E-state index is 4.75. The molecule has 0 radical (unpaired) electrons. The van der Waals surface area contributed by atoms with Gasteiger partial charge in [-0.15, -0.1) is 0 Å². The summed E-state index contributed by atoms with van der Waals surface area (Å²) in [4.78, 5) is 4.75. The Kier molecular flexibility index (Phi) is 2.59. The molecular formula is C12H17BrN2. The van der Waals surface area contributed by atoms with Crippen molar-refractivity contribution < 1.29 is 0 Å². The Morgan fingerprint density at radius 3 is 2.73 bits per heavy atom. The molecule has 1 aromatic rings. The van der Waals surface area contributed by atoms with Crippen LogP contribution < -0.4 is 0 Å². The second-order valence-electron chi connectivity index (χ2n) is 4.80. The highest BCUT2D eigenvalue weighted by Crippen LogP contribution is 2.37. The molecule has 0 aromatic carbocycles. The average Bonchev–Trinajstić information content (AvgIpc) is 2.87. The fourth-order valence-corrected chi connectivity index (χ4v) is 3.64. The standard InChI is InChI=1S/C12H17BrN2/c13-12-14-11(9-5-1-2-6-9)10-7-3-4-8-15(10)12/h9H,1-8H2. The van der Waals surface area contributed by atoms with E-state index < -0.39 is 0 Å². The Morgan fingerprint density at radius 2 is 1.93 bits per heavy atom. The van der Waals surface area contributed by atoms with Crippen LogP contribution in [0.25, 0.3) is 0 Å². The van der Waals surface area contributed by atoms with E-state index in [0.717, 1.165) is 17.2 Å². The predicted octanol–water partition coefficient (Wildman–Crippen LogP) is 3.64. The largest absolute Gasteiger partial charge is 0.322 e. The van der Waals surface area contributed by atoms with Crippen LogP contribution in [0.5, 0.6) is 0 Å². The summed E-state index contributed by atoms with van der Waals surface area (Å²) in [6.07, 6.45) is 9.41. The van der Waals surface area contributed by atoms with Gasteiger partial charge >= 0.3 is 0 Å². The molecule has 1 fully saturated rings. The quantitative estimate of drug-likeness (QED) is 0.761. The number of halogens is 1. The van der Waals surface area contributed by atoms with Crippen molar-refractivity contribution in [2.45, 2.75) is 57.4 Å². The molecule has 0 saturated heterocycles. The summed E-state index contributed by atoms with van der Waals surface area (Å²) in [5, 5.41) is 0. The van der Waals surface area contributed by atoms with E-state index >= 15 is 0 Å². The molecule has 0 unspecified atom stereocenters. The minimum Gasteiger partial charge on any atom is -0.322 e. The Bertz CT molecular complexity index is 364. The number of fused-ring (bicyclic) bond motifs is 1. The van der Waals surface area contributed by atoms with Gasteiger partial charge in [0.05, 0.1) is 5.69 Å². The average molecular weight is 269 g/mol. The summed E-state index contributed by atoms with van der Waals surface area (Å²) >= 11 is 3.60. The van der Waals surface area contributed by atoms with Gasteiger partial charge in [-0.05, 0) is 48.0 Å². The number of aromatic nitrogens is 2. The van der Waals surface area contributed by atoms with Gasteiger partial charge in [-0.3, -0.25) is 0 Å². The molecule has 3 heteroatoms. The van der Waals surface area contributed by atoms with Crippen LogP contribution in [0.2, 0.25) is 0 Å². The number of nitrogens with zero attached hydrogens (tertiary/aromatic N) is 2. The zero-order chi connectivity index (χ0) is 10.3. The number of rotatable bonds is 1. The molecule has 1 saturated carbocycles. The molecule has 1 aliphatic heterocycles. The molecular weight excluding hydrogens is 252 g/mol. The van der Waals surface area contributed by atoms with Crippen molar-refractivity contribution in [1.29, 1.82) is 0 Å². The second-order valence-corrected chi connectivity index (χ2v) is 5.51. The van der Waals surface area contributed by atoms with Crippen molar-refractivity contribution in [1.82, 2.24) is 9.55 Å². The van der Waals surface area contributed by atoms with E-state index in [9.17, 15) is 0 Å². The van der Waals surface area contributed by atoms with Crippen LogP contribution in [0, 0.1) is 0 Å². The lowest BCUT2D eigenvalue weighted by molar-refractivity contribution is 0.518. The third-order valence-electron chi connectivity index (χ3n) is 3.84. The Hall–Kier alpha value is -0.310. The van der Waals surface area contributed by atoms with Gasteiger partial charge < -0.3 is 4.57 Å². The first-order valence-corrected chi connectivity index (χ1v) is 6.90. The Morgan fingerprint density at radius 1 is 1.13 bits per heavy atom. The lowest BCUT2D eigenvalue weighted by Gasteiger charge is -2.17. The van der Waals surface area contributed by atoms with Crippen molar-refractivity contribution in [2.24, 2.45) is 0 Å². The number of hydrogen-bond acceptors (Lipinski definition) is 1. The van der Waals surface area contributed by atoms with E-state index in [1.807, 2.05) is 0 Å². The summed E-state index contributed by atoms with van der Waals surface area (Å²) in [5.74, 6) is 0.760. The minimum atomic E-state index is 0.760. The van der Waals surface area contributed by atoms with E-state index in [0.29, 0.717) is 0 Å². The second kappa shape index (κ2) is 3.93. The highest BCUT2D eigenvalue weighted by atomic mass is 79.9. The first kappa shape index (κ1) is 9.88. The van der Waals surface area contributed by atoms with Crippen LogP contribution >= 0.6 is 15.9 Å². The normalized spacial score (nSPS) is 21.9. The van der Waals surface area contributed by atoms with Gasteiger partial charge in [0.15, 0.2) is 4.73 Å². The maximum absolute atomic E-state index is 4.75. The number of hydrogen-bond donors (Lipinski definition) is 0. The maximum Gasteiger partial charge on any atom is 0.177 e. The molecule has 0 N–H and O–H groups in total. The lowest BCUT2D eigenvalue weighted by atomic mass is 9.98. The molecule has 0 bridgehead atoms. The molecule has 2 aliphatic rings. The van der Waals surface area contributed by atoms with Crippen molar-refractivity contribution in [3.63, 3.8) is 0 Å². The molecule has 82 valence electrons. The fraction of sp³-hybridized carbons (Fsp3) is 0.750. The molecule has 0 spiro atoms. The summed E-state index contributed by atoms with van der Waals surface area (Å²) in [6, 6.07) is 0. The van der Waals surface area contributed by atoms with E-state index in [4.69, 9.17) is 4.98 Å². The van der Waals surface area contributed by atoms with Gasteiger partial charge in [0.2, 0.25) is 0 Å². The smallest absolute Gasteiger partial charge is 0.177 e. The van der Waals surface area contributed by atoms with Crippen molar-refractivity contribution in [2.75, 3.05) is 0 Å². The van der Waals surface area contributed by atoms with E-state index in [2.05, 4.69) is 20.5 Å². The van der Waals surface area contributed by atoms with Crippen LogP contribution in [-0.4, -0.2) is 9.55 Å². The highest BCUT2D eigenvalue weighted by molar-refractivity contribution is 9.10. The van der Waals surface area contributed by atoms with Crippen LogP contribution in [0.3, 0.4) is 0 Å². The Balaban J connectivity index is 1.99. The van der Waals surface area contributed by atoms with Gasteiger partial charge in [-0.25, -0.2) is 4.98 Å². The third kappa shape index (κ3) is 1.65. The fourth-order valence-electron chi connectivity index (χ4n) is 3.05. The van der Waals surface area contributed by atoms with Crippen LogP contribution in [0.4, 0.5) is 0 Å². The van der Waals surface area contributed by atoms with Crippen molar-refractivity contribution in [3.05, 3.63) is 16.1 Å².